The summed E-state index contributed by atoms with van der Waals surface area (Å²) in [7, 11) is 0. The van der Waals surface area contributed by atoms with Gasteiger partial charge in [-0.05, 0) is 48.9 Å². The van der Waals surface area contributed by atoms with Crippen molar-refractivity contribution in [1.82, 2.24) is 5.32 Å². The van der Waals surface area contributed by atoms with Crippen LogP contribution in [0.3, 0.4) is 0 Å². The Morgan fingerprint density at radius 1 is 1.32 bits per heavy atom. The number of carbonyl (C=O) groups excluding carboxylic acids is 1. The molecular formula is C16H22N2O. The number of anilines is 1. The van der Waals surface area contributed by atoms with Gasteiger partial charge in [0.1, 0.15) is 0 Å². The van der Waals surface area contributed by atoms with E-state index in [2.05, 4.69) is 22.8 Å². The average molecular weight is 258 g/mol. The normalized spacial score (nSPS) is 19.2. The summed E-state index contributed by atoms with van der Waals surface area (Å²) in [4.78, 5) is 12.1. The van der Waals surface area contributed by atoms with Crippen LogP contribution in [0, 0.1) is 5.92 Å². The van der Waals surface area contributed by atoms with Crippen LogP contribution >= 0.6 is 0 Å². The number of hydrogen-bond donors (Lipinski definition) is 2. The Hall–Kier alpha value is -1.35. The van der Waals surface area contributed by atoms with E-state index in [1.807, 2.05) is 6.07 Å². The summed E-state index contributed by atoms with van der Waals surface area (Å²) in [5.41, 5.74) is 3.65. The Balaban J connectivity index is 1.67. The van der Waals surface area contributed by atoms with E-state index < -0.39 is 0 Å². The van der Waals surface area contributed by atoms with Crippen LogP contribution < -0.4 is 10.6 Å². The van der Waals surface area contributed by atoms with Gasteiger partial charge in [0.15, 0.2) is 0 Å². The van der Waals surface area contributed by atoms with E-state index in [0.29, 0.717) is 12.3 Å². The van der Waals surface area contributed by atoms with Gasteiger partial charge in [-0.25, -0.2) is 0 Å². The number of carbonyl (C=O) groups is 1. The van der Waals surface area contributed by atoms with Crippen LogP contribution in [0.25, 0.3) is 0 Å². The van der Waals surface area contributed by atoms with Gasteiger partial charge < -0.3 is 10.6 Å². The van der Waals surface area contributed by atoms with Crippen LogP contribution in [0.2, 0.25) is 0 Å². The van der Waals surface area contributed by atoms with Crippen LogP contribution in [0.1, 0.15) is 43.2 Å². The first-order valence-electron chi connectivity index (χ1n) is 7.44. The molecule has 102 valence electrons. The third kappa shape index (κ3) is 2.98. The van der Waals surface area contributed by atoms with Gasteiger partial charge in [0, 0.05) is 18.7 Å². The van der Waals surface area contributed by atoms with Crippen molar-refractivity contribution in [1.29, 1.82) is 0 Å². The third-order valence-corrected chi connectivity index (χ3v) is 4.37. The maximum absolute atomic E-state index is 12.1. The summed E-state index contributed by atoms with van der Waals surface area (Å²) in [5, 5.41) is 6.49. The van der Waals surface area contributed by atoms with Crippen molar-refractivity contribution in [2.75, 3.05) is 11.9 Å². The Morgan fingerprint density at radius 2 is 2.16 bits per heavy atom. The Kier molecular flexibility index (Phi) is 3.83. The molecule has 1 fully saturated rings. The maximum atomic E-state index is 12.1. The Morgan fingerprint density at radius 3 is 3.00 bits per heavy atom. The van der Waals surface area contributed by atoms with Crippen molar-refractivity contribution in [3.8, 4) is 0 Å². The predicted octanol–water partition coefficient (Wildman–Crippen LogP) is 2.85. The minimum absolute atomic E-state index is 0.186. The standard InChI is InChI=1S/C16H22N2O/c19-16(10-12-4-1-2-5-12)18-15-7-3-6-13-8-9-17-11-14(13)15/h3,6-7,12,17H,1-2,4-5,8-11H2,(H,18,19). The van der Waals surface area contributed by atoms with Crippen LogP contribution in [-0.4, -0.2) is 12.5 Å². The molecule has 1 aliphatic carbocycles. The van der Waals surface area contributed by atoms with Gasteiger partial charge in [-0.1, -0.05) is 25.0 Å². The predicted molar refractivity (Wildman–Crippen MR) is 77.1 cm³/mol. The van der Waals surface area contributed by atoms with Crippen molar-refractivity contribution in [2.24, 2.45) is 5.92 Å². The van der Waals surface area contributed by atoms with Gasteiger partial charge in [-0.3, -0.25) is 4.79 Å². The Labute approximate surface area is 114 Å². The van der Waals surface area contributed by atoms with E-state index >= 15 is 0 Å². The molecule has 0 unspecified atom stereocenters. The molecule has 1 aromatic carbocycles. The van der Waals surface area contributed by atoms with Crippen molar-refractivity contribution in [3.05, 3.63) is 29.3 Å². The second-order valence-corrected chi connectivity index (χ2v) is 5.77. The summed E-state index contributed by atoms with van der Waals surface area (Å²) in [6.45, 7) is 1.90. The van der Waals surface area contributed by atoms with Gasteiger partial charge in [0.25, 0.3) is 0 Å². The lowest BCUT2D eigenvalue weighted by Crippen LogP contribution is -2.25. The molecule has 1 saturated carbocycles. The second-order valence-electron chi connectivity index (χ2n) is 5.77. The molecular weight excluding hydrogens is 236 g/mol. The average Bonchev–Trinajstić information content (AvgIpc) is 2.92. The smallest absolute Gasteiger partial charge is 0.224 e. The van der Waals surface area contributed by atoms with Crippen molar-refractivity contribution in [2.45, 2.75) is 45.1 Å². The number of hydrogen-bond acceptors (Lipinski definition) is 2. The zero-order valence-corrected chi connectivity index (χ0v) is 11.4. The molecule has 1 amide bonds. The van der Waals surface area contributed by atoms with E-state index in [0.717, 1.165) is 25.2 Å². The van der Waals surface area contributed by atoms with Crippen molar-refractivity contribution >= 4 is 11.6 Å². The molecule has 1 aromatic rings. The molecule has 2 N–H and O–H groups in total. The van der Waals surface area contributed by atoms with Gasteiger partial charge in [-0.15, -0.1) is 0 Å². The third-order valence-electron chi connectivity index (χ3n) is 4.37. The van der Waals surface area contributed by atoms with E-state index in [9.17, 15) is 4.79 Å². The summed E-state index contributed by atoms with van der Waals surface area (Å²) >= 11 is 0. The molecule has 3 nitrogen and oxygen atoms in total. The van der Waals surface area contributed by atoms with Gasteiger partial charge in [0.05, 0.1) is 0 Å². The minimum atomic E-state index is 0.186. The zero-order valence-electron chi connectivity index (χ0n) is 11.4. The highest BCUT2D eigenvalue weighted by Gasteiger charge is 2.19. The fourth-order valence-corrected chi connectivity index (χ4v) is 3.31. The van der Waals surface area contributed by atoms with E-state index in [4.69, 9.17) is 0 Å². The highest BCUT2D eigenvalue weighted by molar-refractivity contribution is 5.91. The molecule has 0 saturated heterocycles. The van der Waals surface area contributed by atoms with Crippen molar-refractivity contribution < 1.29 is 4.79 Å². The first kappa shape index (κ1) is 12.7. The van der Waals surface area contributed by atoms with Crippen LogP contribution in [-0.2, 0) is 17.8 Å². The van der Waals surface area contributed by atoms with Crippen LogP contribution in [0.15, 0.2) is 18.2 Å². The number of fused-ring (bicyclic) bond motifs is 1. The molecule has 1 heterocycles. The topological polar surface area (TPSA) is 41.1 Å². The Bertz CT molecular complexity index is 464. The number of benzene rings is 1. The maximum Gasteiger partial charge on any atom is 0.224 e. The highest BCUT2D eigenvalue weighted by Crippen LogP contribution is 2.28. The molecule has 2 aliphatic rings. The number of nitrogens with one attached hydrogen (secondary N) is 2. The van der Waals surface area contributed by atoms with E-state index in [-0.39, 0.29) is 5.91 Å². The first-order chi connectivity index (χ1) is 9.33. The van der Waals surface area contributed by atoms with E-state index in [1.54, 1.807) is 0 Å². The minimum Gasteiger partial charge on any atom is -0.326 e. The molecule has 1 aliphatic heterocycles. The lowest BCUT2D eigenvalue weighted by atomic mass is 9.98. The van der Waals surface area contributed by atoms with Crippen LogP contribution in [0.5, 0.6) is 0 Å². The van der Waals surface area contributed by atoms with Gasteiger partial charge in [-0.2, -0.15) is 0 Å². The first-order valence-corrected chi connectivity index (χ1v) is 7.44. The summed E-state index contributed by atoms with van der Waals surface area (Å²) in [5.74, 6) is 0.795. The lowest BCUT2D eigenvalue weighted by Gasteiger charge is -2.21. The SMILES string of the molecule is O=C(CC1CCCC1)Nc1cccc2c1CNCC2. The number of amides is 1. The molecule has 3 rings (SSSR count). The molecule has 0 bridgehead atoms. The molecule has 0 spiro atoms. The van der Waals surface area contributed by atoms with Crippen molar-refractivity contribution in [3.63, 3.8) is 0 Å². The zero-order chi connectivity index (χ0) is 13.1. The number of rotatable bonds is 3. The largest absolute Gasteiger partial charge is 0.326 e. The molecule has 0 radical (unpaired) electrons. The van der Waals surface area contributed by atoms with Gasteiger partial charge in [0.2, 0.25) is 5.91 Å². The molecule has 0 aromatic heterocycles. The summed E-state index contributed by atoms with van der Waals surface area (Å²) < 4.78 is 0. The van der Waals surface area contributed by atoms with Gasteiger partial charge >= 0.3 is 0 Å². The van der Waals surface area contributed by atoms with Crippen LogP contribution in [0.4, 0.5) is 5.69 Å². The lowest BCUT2D eigenvalue weighted by molar-refractivity contribution is -0.117. The quantitative estimate of drug-likeness (QED) is 0.875. The highest BCUT2D eigenvalue weighted by atomic mass is 16.1. The molecule has 3 heteroatoms. The second kappa shape index (κ2) is 5.74. The molecule has 19 heavy (non-hydrogen) atoms. The summed E-state index contributed by atoms with van der Waals surface area (Å²) in [6, 6.07) is 6.25. The monoisotopic (exact) mass is 258 g/mol. The van der Waals surface area contributed by atoms with E-state index in [1.165, 1.54) is 36.8 Å². The molecule has 0 atom stereocenters. The fourth-order valence-electron chi connectivity index (χ4n) is 3.31. The summed E-state index contributed by atoms with van der Waals surface area (Å²) in [6.07, 6.45) is 6.79. The fraction of sp³-hybridized carbons (Fsp3) is 0.562.